The molecule has 12 rings (SSSR count). The third-order valence-corrected chi connectivity index (χ3v) is 11.5. The van der Waals surface area contributed by atoms with Crippen LogP contribution in [0.4, 0.5) is 11.4 Å². The lowest BCUT2D eigenvalue weighted by Crippen LogP contribution is -2.30. The number of fused-ring (bicyclic) bond motifs is 10. The van der Waals surface area contributed by atoms with Gasteiger partial charge in [-0.2, -0.15) is 0 Å². The zero-order valence-electron chi connectivity index (χ0n) is 30.6. The third-order valence-electron chi connectivity index (χ3n) is 11.5. The summed E-state index contributed by atoms with van der Waals surface area (Å²) in [5.41, 5.74) is 12.2. The second kappa shape index (κ2) is 12.5. The average Bonchev–Trinajstić information content (AvgIpc) is 3.96. The fourth-order valence-electron chi connectivity index (χ4n) is 8.97. The highest BCUT2D eigenvalue weighted by Crippen LogP contribution is 2.54. The average molecular weight is 733 g/mol. The van der Waals surface area contributed by atoms with Crippen molar-refractivity contribution in [2.75, 3.05) is 4.90 Å². The Kier molecular flexibility index (Phi) is 6.95. The van der Waals surface area contributed by atoms with Gasteiger partial charge in [-0.1, -0.05) is 121 Å². The highest BCUT2D eigenvalue weighted by atomic mass is 16.3. The number of hydrogen-bond donors (Lipinski definition) is 0. The summed E-state index contributed by atoms with van der Waals surface area (Å²) in [6.45, 7) is 0. The van der Waals surface area contributed by atoms with Gasteiger partial charge in [-0.15, -0.1) is 0 Å². The number of para-hydroxylation sites is 3. The molecule has 0 fully saturated rings. The molecule has 0 radical (unpaired) electrons. The van der Waals surface area contributed by atoms with Gasteiger partial charge < -0.3 is 13.7 Å². The van der Waals surface area contributed by atoms with E-state index >= 15 is 0 Å². The molecular weight excluding hydrogens is 701 g/mol. The molecule has 57 heavy (non-hydrogen) atoms. The van der Waals surface area contributed by atoms with Crippen molar-refractivity contribution in [1.29, 1.82) is 0 Å². The molecule has 0 spiro atoms. The van der Waals surface area contributed by atoms with E-state index in [1.165, 1.54) is 11.3 Å². The van der Waals surface area contributed by atoms with Crippen molar-refractivity contribution in [2.45, 2.75) is 12.0 Å². The van der Waals surface area contributed by atoms with Crippen LogP contribution in [0.5, 0.6) is 0 Å². The second-order valence-electron chi connectivity index (χ2n) is 14.7. The molecule has 268 valence electrons. The van der Waals surface area contributed by atoms with Gasteiger partial charge in [0.25, 0.3) is 0 Å². The Balaban J connectivity index is 1.08. The van der Waals surface area contributed by atoms with Gasteiger partial charge in [0, 0.05) is 55.7 Å². The van der Waals surface area contributed by atoms with Gasteiger partial charge in [-0.05, 0) is 77.4 Å². The van der Waals surface area contributed by atoms with Crippen molar-refractivity contribution in [3.8, 4) is 45.3 Å². The number of hydrogen-bond acceptors (Lipinski definition) is 6. The first-order chi connectivity index (χ1) is 28.2. The quantitative estimate of drug-likeness (QED) is 0.175. The SMILES string of the molecule is C1=CC2C(c3ccccc3N2c2ccccc2)c2c1oc1cccc(-c3nc(-c4cccc(-c5ccccc5)c4)nc(-c4ccc5oc6ccccc6c5c4)n3)c21. The van der Waals surface area contributed by atoms with Crippen LogP contribution in [-0.4, -0.2) is 21.0 Å². The Morgan fingerprint density at radius 3 is 2.02 bits per heavy atom. The first-order valence-corrected chi connectivity index (χ1v) is 19.3. The van der Waals surface area contributed by atoms with Crippen LogP contribution in [0.2, 0.25) is 0 Å². The number of anilines is 2. The first-order valence-electron chi connectivity index (χ1n) is 19.3. The minimum atomic E-state index is 0.0314. The third kappa shape index (κ3) is 5.00. The Morgan fingerprint density at radius 2 is 1.14 bits per heavy atom. The number of nitrogens with zero attached hydrogens (tertiary/aromatic N) is 4. The smallest absolute Gasteiger partial charge is 0.164 e. The van der Waals surface area contributed by atoms with E-state index in [-0.39, 0.29) is 12.0 Å². The maximum atomic E-state index is 6.70. The summed E-state index contributed by atoms with van der Waals surface area (Å²) >= 11 is 0. The van der Waals surface area contributed by atoms with Gasteiger partial charge in [0.1, 0.15) is 22.5 Å². The summed E-state index contributed by atoms with van der Waals surface area (Å²) in [7, 11) is 0. The molecule has 6 heteroatoms. The molecule has 0 amide bonds. The van der Waals surface area contributed by atoms with Crippen LogP contribution >= 0.6 is 0 Å². The minimum absolute atomic E-state index is 0.0314. The molecule has 6 nitrogen and oxygen atoms in total. The standard InChI is InChI=1S/C51H32N4O2/c1-3-13-31(14-4-1)32-15-11-16-33(29-32)49-52-50(34-25-27-43-39(30-34)36-19-8-10-23-42(36)56-43)54-51(53-49)38-21-12-24-44-47(38)48-45(57-44)28-26-41-46(48)37-20-7-9-22-40(37)55(41)35-17-5-2-6-18-35/h1-30,41,46H. The van der Waals surface area contributed by atoms with Crippen LogP contribution in [-0.2, 0) is 0 Å². The van der Waals surface area contributed by atoms with Crippen LogP contribution in [0.25, 0.3) is 84.3 Å². The predicted octanol–water partition coefficient (Wildman–Crippen LogP) is 12.9. The summed E-state index contributed by atoms with van der Waals surface area (Å²) in [4.78, 5) is 18.2. The van der Waals surface area contributed by atoms with Crippen molar-refractivity contribution in [1.82, 2.24) is 15.0 Å². The lowest BCUT2D eigenvalue weighted by atomic mass is 9.82. The number of aromatic nitrogens is 3. The van der Waals surface area contributed by atoms with Gasteiger partial charge in [0.2, 0.25) is 0 Å². The van der Waals surface area contributed by atoms with Gasteiger partial charge in [-0.25, -0.2) is 15.0 Å². The van der Waals surface area contributed by atoms with Gasteiger partial charge in [0.05, 0.1) is 6.04 Å². The van der Waals surface area contributed by atoms with E-state index in [9.17, 15) is 0 Å². The fraction of sp³-hybridized carbons (Fsp3) is 0.0392. The molecule has 10 aromatic rings. The highest BCUT2D eigenvalue weighted by Gasteiger charge is 2.43. The predicted molar refractivity (Wildman–Crippen MR) is 228 cm³/mol. The molecule has 2 aliphatic rings. The minimum Gasteiger partial charge on any atom is -0.456 e. The lowest BCUT2D eigenvalue weighted by molar-refractivity contribution is 0.584. The van der Waals surface area contributed by atoms with Crippen molar-refractivity contribution in [3.05, 3.63) is 193 Å². The maximum absolute atomic E-state index is 6.70. The summed E-state index contributed by atoms with van der Waals surface area (Å²) in [6, 6.07) is 58.8. The monoisotopic (exact) mass is 732 g/mol. The van der Waals surface area contributed by atoms with E-state index in [0.29, 0.717) is 17.5 Å². The van der Waals surface area contributed by atoms with E-state index in [4.69, 9.17) is 23.8 Å². The van der Waals surface area contributed by atoms with Crippen LogP contribution < -0.4 is 4.90 Å². The largest absolute Gasteiger partial charge is 0.456 e. The summed E-state index contributed by atoms with van der Waals surface area (Å²) in [6.07, 6.45) is 4.43. The summed E-state index contributed by atoms with van der Waals surface area (Å²) in [5.74, 6) is 2.66. The molecule has 1 aliphatic carbocycles. The normalized spacial score (nSPS) is 15.6. The molecular formula is C51H32N4O2. The molecule has 0 saturated heterocycles. The van der Waals surface area contributed by atoms with E-state index < -0.39 is 0 Å². The van der Waals surface area contributed by atoms with Gasteiger partial charge in [-0.3, -0.25) is 0 Å². The Hall–Kier alpha value is -7.57. The van der Waals surface area contributed by atoms with Crippen molar-refractivity contribution in [2.24, 2.45) is 0 Å². The Bertz CT molecular complexity index is 3220. The molecule has 2 atom stereocenters. The van der Waals surface area contributed by atoms with Crippen LogP contribution in [0.1, 0.15) is 22.8 Å². The Morgan fingerprint density at radius 1 is 0.474 bits per heavy atom. The molecule has 7 aromatic carbocycles. The van der Waals surface area contributed by atoms with Crippen molar-refractivity contribution < 1.29 is 8.83 Å². The lowest BCUT2D eigenvalue weighted by Gasteiger charge is -2.30. The molecule has 0 saturated carbocycles. The fourth-order valence-corrected chi connectivity index (χ4v) is 8.97. The molecule has 0 bridgehead atoms. The van der Waals surface area contributed by atoms with Gasteiger partial charge in [0.15, 0.2) is 17.5 Å². The number of rotatable bonds is 5. The second-order valence-corrected chi connectivity index (χ2v) is 14.7. The van der Waals surface area contributed by atoms with E-state index in [1.807, 2.05) is 42.5 Å². The van der Waals surface area contributed by atoms with Crippen LogP contribution in [0.3, 0.4) is 0 Å². The topological polar surface area (TPSA) is 68.2 Å². The first kappa shape index (κ1) is 31.7. The summed E-state index contributed by atoms with van der Waals surface area (Å²) < 4.78 is 12.9. The Labute approximate surface area is 328 Å². The molecule has 0 N–H and O–H groups in total. The van der Waals surface area contributed by atoms with Crippen molar-refractivity contribution in [3.63, 3.8) is 0 Å². The zero-order chi connectivity index (χ0) is 37.5. The van der Waals surface area contributed by atoms with Crippen LogP contribution in [0, 0.1) is 0 Å². The van der Waals surface area contributed by atoms with Gasteiger partial charge >= 0.3 is 0 Å². The van der Waals surface area contributed by atoms with E-state index in [1.54, 1.807) is 0 Å². The van der Waals surface area contributed by atoms with E-state index in [2.05, 4.69) is 144 Å². The molecule has 1 aliphatic heterocycles. The van der Waals surface area contributed by atoms with Crippen LogP contribution in [0.15, 0.2) is 185 Å². The molecule has 2 unspecified atom stereocenters. The van der Waals surface area contributed by atoms with E-state index in [0.717, 1.165) is 77.7 Å². The number of benzene rings is 7. The molecule has 4 heterocycles. The summed E-state index contributed by atoms with van der Waals surface area (Å²) in [5, 5.41) is 3.09. The number of furan rings is 2. The molecule has 3 aromatic heterocycles. The highest BCUT2D eigenvalue weighted by molar-refractivity contribution is 6.06. The van der Waals surface area contributed by atoms with Crippen molar-refractivity contribution >= 4 is 50.4 Å². The zero-order valence-corrected chi connectivity index (χ0v) is 30.6. The maximum Gasteiger partial charge on any atom is 0.164 e.